The summed E-state index contributed by atoms with van der Waals surface area (Å²) in [7, 11) is 0. The second-order valence-electron chi connectivity index (χ2n) is 7.96. The molecule has 4 rings (SSSR count). The first-order valence-corrected chi connectivity index (χ1v) is 11.1. The summed E-state index contributed by atoms with van der Waals surface area (Å²) in [6, 6.07) is 21.9. The van der Waals surface area contributed by atoms with Crippen LogP contribution in [0.15, 0.2) is 66.7 Å². The first kappa shape index (κ1) is 21.6. The van der Waals surface area contributed by atoms with Crippen LogP contribution in [0, 0.1) is 6.92 Å². The first-order chi connectivity index (χ1) is 15.6. The summed E-state index contributed by atoms with van der Waals surface area (Å²) in [5, 5.41) is 5.83. The van der Waals surface area contributed by atoms with Crippen molar-refractivity contribution in [1.82, 2.24) is 19.9 Å². The number of pyridine rings is 1. The van der Waals surface area contributed by atoms with E-state index in [2.05, 4.69) is 46.4 Å². The molecular formula is C26H29N5O. The summed E-state index contributed by atoms with van der Waals surface area (Å²) < 4.78 is 2.20. The number of anilines is 1. The van der Waals surface area contributed by atoms with Crippen molar-refractivity contribution in [3.05, 3.63) is 89.4 Å². The number of nitrogens with one attached hydrogen (secondary N) is 2. The fourth-order valence-electron chi connectivity index (χ4n) is 3.71. The average Bonchev–Trinajstić information content (AvgIpc) is 3.14. The highest BCUT2D eigenvalue weighted by Crippen LogP contribution is 2.23. The maximum Gasteiger partial charge on any atom is 0.319 e. The molecule has 0 spiro atoms. The number of rotatable bonds is 8. The van der Waals surface area contributed by atoms with Crippen molar-refractivity contribution >= 4 is 22.9 Å². The van der Waals surface area contributed by atoms with Crippen LogP contribution < -0.4 is 10.6 Å². The molecule has 32 heavy (non-hydrogen) atoms. The van der Waals surface area contributed by atoms with Crippen molar-refractivity contribution in [2.45, 2.75) is 46.2 Å². The molecule has 0 radical (unpaired) electrons. The Balaban J connectivity index is 1.57. The molecule has 0 aliphatic heterocycles. The Bertz CT molecular complexity index is 1190. The lowest BCUT2D eigenvalue weighted by Crippen LogP contribution is -2.28. The second-order valence-corrected chi connectivity index (χ2v) is 7.96. The molecule has 2 N–H and O–H groups in total. The minimum absolute atomic E-state index is 0.256. The largest absolute Gasteiger partial charge is 0.334 e. The summed E-state index contributed by atoms with van der Waals surface area (Å²) in [6.07, 6.45) is 3.08. The highest BCUT2D eigenvalue weighted by atomic mass is 16.2. The van der Waals surface area contributed by atoms with Crippen molar-refractivity contribution < 1.29 is 4.79 Å². The molecule has 2 aromatic heterocycles. The first-order valence-electron chi connectivity index (χ1n) is 11.1. The number of aryl methyl sites for hydroxylation is 2. The minimum atomic E-state index is -0.256. The normalized spacial score (nSPS) is 10.9. The predicted octanol–water partition coefficient (Wildman–Crippen LogP) is 5.45. The number of nitrogens with zero attached hydrogens (tertiary/aromatic N) is 3. The predicted molar refractivity (Wildman–Crippen MR) is 129 cm³/mol. The average molecular weight is 428 g/mol. The number of fused-ring (bicyclic) bond motifs is 1. The van der Waals surface area contributed by atoms with Crippen LogP contribution in [0.5, 0.6) is 0 Å². The Morgan fingerprint density at radius 3 is 2.34 bits per heavy atom. The molecule has 6 heteroatoms. The number of aromatic nitrogens is 3. The fraction of sp³-hybridized carbons (Fsp3) is 0.269. The lowest BCUT2D eigenvalue weighted by atomic mass is 10.2. The van der Waals surface area contributed by atoms with Gasteiger partial charge in [0.15, 0.2) is 5.65 Å². The monoisotopic (exact) mass is 427 g/mol. The van der Waals surface area contributed by atoms with Gasteiger partial charge in [-0.2, -0.15) is 0 Å². The van der Waals surface area contributed by atoms with E-state index in [0.717, 1.165) is 54.1 Å². The second kappa shape index (κ2) is 10.1. The third kappa shape index (κ3) is 5.14. The van der Waals surface area contributed by atoms with E-state index in [-0.39, 0.29) is 6.03 Å². The molecule has 0 bridgehead atoms. The summed E-state index contributed by atoms with van der Waals surface area (Å²) in [5.74, 6) is 1.03. The fourth-order valence-corrected chi connectivity index (χ4v) is 3.71. The van der Waals surface area contributed by atoms with Crippen molar-refractivity contribution in [3.8, 4) is 0 Å². The molecule has 2 aromatic carbocycles. The molecule has 4 aromatic rings. The van der Waals surface area contributed by atoms with Gasteiger partial charge in [-0.3, -0.25) is 0 Å². The number of benzene rings is 2. The Morgan fingerprint density at radius 2 is 1.66 bits per heavy atom. The molecule has 0 aliphatic rings. The topological polar surface area (TPSA) is 71.8 Å². The minimum Gasteiger partial charge on any atom is -0.334 e. The molecule has 0 fully saturated rings. The van der Waals surface area contributed by atoms with Crippen molar-refractivity contribution in [2.75, 3.05) is 5.32 Å². The van der Waals surface area contributed by atoms with Crippen molar-refractivity contribution in [3.63, 3.8) is 0 Å². The Kier molecular flexibility index (Phi) is 6.80. The van der Waals surface area contributed by atoms with E-state index < -0.39 is 0 Å². The zero-order valence-corrected chi connectivity index (χ0v) is 18.6. The molecular weight excluding hydrogens is 398 g/mol. The van der Waals surface area contributed by atoms with E-state index in [0.29, 0.717) is 12.2 Å². The van der Waals surface area contributed by atoms with Crippen LogP contribution >= 0.6 is 0 Å². The highest BCUT2D eigenvalue weighted by molar-refractivity contribution is 5.92. The summed E-state index contributed by atoms with van der Waals surface area (Å²) in [6.45, 7) is 5.29. The quantitative estimate of drug-likeness (QED) is 0.393. The molecule has 0 atom stereocenters. The van der Waals surface area contributed by atoms with E-state index in [9.17, 15) is 4.79 Å². The van der Waals surface area contributed by atoms with E-state index in [1.807, 2.05) is 49.4 Å². The number of carbonyl (C=O) groups is 1. The third-order valence-electron chi connectivity index (χ3n) is 5.47. The van der Waals surface area contributed by atoms with Crippen molar-refractivity contribution in [2.24, 2.45) is 0 Å². The van der Waals surface area contributed by atoms with Gasteiger partial charge >= 0.3 is 6.03 Å². The van der Waals surface area contributed by atoms with Gasteiger partial charge in [-0.15, -0.1) is 0 Å². The molecule has 0 saturated carbocycles. The number of hydrogen-bond acceptors (Lipinski definition) is 3. The molecule has 2 amide bonds. The standard InChI is InChI=1S/C26H29N5O/c1-3-4-15-24-29-23-16-22(30-26(32)27-17-20-11-7-5-8-12-20)19(2)28-25(23)31(24)18-21-13-9-6-10-14-21/h5-14,16H,3-4,15,17-18H2,1-2H3,(H2,27,30,32). The zero-order chi connectivity index (χ0) is 22.3. The number of unbranched alkanes of at least 4 members (excludes halogenated alkanes) is 1. The van der Waals surface area contributed by atoms with E-state index >= 15 is 0 Å². The maximum absolute atomic E-state index is 12.5. The van der Waals surface area contributed by atoms with E-state index in [4.69, 9.17) is 9.97 Å². The van der Waals surface area contributed by atoms with Crippen LogP contribution in [0.4, 0.5) is 10.5 Å². The van der Waals surface area contributed by atoms with Crippen molar-refractivity contribution in [1.29, 1.82) is 0 Å². The van der Waals surface area contributed by atoms with E-state index in [1.54, 1.807) is 0 Å². The lowest BCUT2D eigenvalue weighted by Gasteiger charge is -2.11. The van der Waals surface area contributed by atoms with Crippen LogP contribution in [0.2, 0.25) is 0 Å². The van der Waals surface area contributed by atoms with Gasteiger partial charge in [0.25, 0.3) is 0 Å². The van der Waals surface area contributed by atoms with E-state index in [1.165, 1.54) is 5.56 Å². The number of imidazole rings is 1. The number of hydrogen-bond donors (Lipinski definition) is 2. The molecule has 0 unspecified atom stereocenters. The molecule has 0 saturated heterocycles. The molecule has 2 heterocycles. The number of urea groups is 1. The number of carbonyl (C=O) groups excluding carboxylic acids is 1. The maximum atomic E-state index is 12.5. The van der Waals surface area contributed by atoms with Gasteiger partial charge in [0.1, 0.15) is 11.3 Å². The zero-order valence-electron chi connectivity index (χ0n) is 18.6. The third-order valence-corrected chi connectivity index (χ3v) is 5.47. The van der Waals surface area contributed by atoms with Gasteiger partial charge in [0, 0.05) is 13.0 Å². The number of amides is 2. The summed E-state index contributed by atoms with van der Waals surface area (Å²) in [5.41, 5.74) is 5.36. The smallest absolute Gasteiger partial charge is 0.319 e. The Hall–Kier alpha value is -3.67. The van der Waals surface area contributed by atoms with Crippen LogP contribution in [0.3, 0.4) is 0 Å². The lowest BCUT2D eigenvalue weighted by molar-refractivity contribution is 0.251. The van der Waals surface area contributed by atoms with Crippen LogP contribution in [-0.4, -0.2) is 20.6 Å². The molecule has 164 valence electrons. The van der Waals surface area contributed by atoms with Crippen LogP contribution in [0.25, 0.3) is 11.2 Å². The summed E-state index contributed by atoms with van der Waals surface area (Å²) >= 11 is 0. The van der Waals surface area contributed by atoms with Crippen LogP contribution in [0.1, 0.15) is 42.4 Å². The highest BCUT2D eigenvalue weighted by Gasteiger charge is 2.15. The van der Waals surface area contributed by atoms with Gasteiger partial charge in [-0.25, -0.2) is 14.8 Å². The van der Waals surface area contributed by atoms with Gasteiger partial charge in [-0.05, 0) is 30.5 Å². The molecule has 6 nitrogen and oxygen atoms in total. The van der Waals surface area contributed by atoms with Gasteiger partial charge < -0.3 is 15.2 Å². The SMILES string of the molecule is CCCCc1nc2cc(NC(=O)NCc3ccccc3)c(C)nc2n1Cc1ccccc1. The van der Waals surface area contributed by atoms with Crippen LogP contribution in [-0.2, 0) is 19.5 Å². The molecule has 0 aliphatic carbocycles. The summed E-state index contributed by atoms with van der Waals surface area (Å²) in [4.78, 5) is 22.2. The Morgan fingerprint density at radius 1 is 0.969 bits per heavy atom. The Labute approximate surface area is 188 Å². The van der Waals surface area contributed by atoms with Gasteiger partial charge in [0.05, 0.1) is 17.9 Å². The van der Waals surface area contributed by atoms with Gasteiger partial charge in [-0.1, -0.05) is 74.0 Å². The van der Waals surface area contributed by atoms with Gasteiger partial charge in [0.2, 0.25) is 0 Å².